The van der Waals surface area contributed by atoms with Gasteiger partial charge in [0.15, 0.2) is 0 Å². The van der Waals surface area contributed by atoms with Crippen molar-refractivity contribution in [2.75, 3.05) is 26.2 Å². The van der Waals surface area contributed by atoms with Gasteiger partial charge in [-0.05, 0) is 0 Å². The summed E-state index contributed by atoms with van der Waals surface area (Å²) in [5.41, 5.74) is 0. The summed E-state index contributed by atoms with van der Waals surface area (Å²) in [7, 11) is 0. The maximum absolute atomic E-state index is 3.97. The summed E-state index contributed by atoms with van der Waals surface area (Å²) in [5.74, 6) is 0. The van der Waals surface area contributed by atoms with E-state index in [0.29, 0.717) is 0 Å². The number of hydrogen-bond acceptors (Lipinski definition) is 0. The minimum absolute atomic E-state index is 0. The molecular formula is C8H20N2Y-2. The van der Waals surface area contributed by atoms with E-state index >= 15 is 0 Å². The first-order valence-electron chi connectivity index (χ1n) is 4.09. The Kier molecular flexibility index (Phi) is 36.6. The molecule has 0 aromatic heterocycles. The molecule has 0 amide bonds. The van der Waals surface area contributed by atoms with Crippen molar-refractivity contribution in [2.24, 2.45) is 0 Å². The van der Waals surface area contributed by atoms with Gasteiger partial charge in [-0.1, -0.05) is 27.7 Å². The third-order valence-electron chi connectivity index (χ3n) is 0.894. The van der Waals surface area contributed by atoms with Crippen molar-refractivity contribution in [3.63, 3.8) is 0 Å². The molecule has 11 heavy (non-hydrogen) atoms. The van der Waals surface area contributed by atoms with Gasteiger partial charge in [-0.25, -0.2) is 0 Å². The van der Waals surface area contributed by atoms with Gasteiger partial charge in [-0.2, -0.15) is 26.2 Å². The van der Waals surface area contributed by atoms with Crippen molar-refractivity contribution in [1.29, 1.82) is 0 Å². The van der Waals surface area contributed by atoms with Crippen molar-refractivity contribution >= 4 is 0 Å². The van der Waals surface area contributed by atoms with E-state index in [1.807, 2.05) is 27.7 Å². The van der Waals surface area contributed by atoms with Crippen LogP contribution in [-0.2, 0) is 32.7 Å². The van der Waals surface area contributed by atoms with Crippen LogP contribution in [0.4, 0.5) is 0 Å². The first-order valence-corrected chi connectivity index (χ1v) is 4.09. The minimum atomic E-state index is 0. The standard InChI is InChI=1S/2C4H10N.Y/c2*1-3-5-4-2;/h2*3-4H2,1-2H3;/q2*-1;. The Labute approximate surface area is 96.8 Å². The van der Waals surface area contributed by atoms with E-state index in [1.165, 1.54) is 0 Å². The summed E-state index contributed by atoms with van der Waals surface area (Å²) < 4.78 is 0. The molecule has 0 aromatic rings. The molecule has 0 heterocycles. The van der Waals surface area contributed by atoms with Crippen molar-refractivity contribution in [1.82, 2.24) is 0 Å². The minimum Gasteiger partial charge on any atom is -0.663 e. The van der Waals surface area contributed by atoms with E-state index in [-0.39, 0.29) is 32.7 Å². The van der Waals surface area contributed by atoms with Crippen molar-refractivity contribution in [2.45, 2.75) is 27.7 Å². The normalized spacial score (nSPS) is 7.64. The molecule has 1 radical (unpaired) electrons. The van der Waals surface area contributed by atoms with Crippen LogP contribution in [0.25, 0.3) is 10.6 Å². The maximum atomic E-state index is 3.97. The van der Waals surface area contributed by atoms with Crippen molar-refractivity contribution < 1.29 is 32.7 Å². The molecule has 0 aliphatic rings. The summed E-state index contributed by atoms with van der Waals surface area (Å²) in [5, 5.41) is 7.94. The quantitative estimate of drug-likeness (QED) is 0.714. The van der Waals surface area contributed by atoms with Crippen LogP contribution in [0.5, 0.6) is 0 Å². The van der Waals surface area contributed by atoms with Crippen LogP contribution < -0.4 is 0 Å². The van der Waals surface area contributed by atoms with E-state index < -0.39 is 0 Å². The third-order valence-corrected chi connectivity index (χ3v) is 0.894. The average Bonchev–Trinajstić information content (AvgIpc) is 1.93. The Balaban J connectivity index is -0.000000107. The molecule has 0 unspecified atom stereocenters. The van der Waals surface area contributed by atoms with Gasteiger partial charge in [0.25, 0.3) is 0 Å². The molecular weight excluding hydrogens is 213 g/mol. The molecule has 0 N–H and O–H groups in total. The zero-order valence-corrected chi connectivity index (χ0v) is 11.1. The second-order valence-electron chi connectivity index (χ2n) is 1.71. The van der Waals surface area contributed by atoms with E-state index in [4.69, 9.17) is 0 Å². The molecule has 0 rings (SSSR count). The molecule has 0 saturated carbocycles. The Bertz CT molecular complexity index is 33.1. The summed E-state index contributed by atoms with van der Waals surface area (Å²) >= 11 is 0. The smallest absolute Gasteiger partial charge is 0 e. The van der Waals surface area contributed by atoms with Gasteiger partial charge in [-0.3, -0.25) is 0 Å². The summed E-state index contributed by atoms with van der Waals surface area (Å²) in [6.45, 7) is 12.1. The second-order valence-corrected chi connectivity index (χ2v) is 1.71. The fourth-order valence-electron chi connectivity index (χ4n) is 0.447. The molecule has 0 fully saturated rings. The number of rotatable bonds is 4. The zero-order chi connectivity index (χ0) is 8.24. The van der Waals surface area contributed by atoms with Gasteiger partial charge in [0.1, 0.15) is 0 Å². The fourth-order valence-corrected chi connectivity index (χ4v) is 0.447. The zero-order valence-electron chi connectivity index (χ0n) is 8.30. The van der Waals surface area contributed by atoms with Crippen LogP contribution in [-0.4, -0.2) is 26.2 Å². The van der Waals surface area contributed by atoms with Gasteiger partial charge in [-0.15, -0.1) is 0 Å². The molecule has 67 valence electrons. The number of hydrogen-bond donors (Lipinski definition) is 0. The molecule has 0 aromatic carbocycles. The summed E-state index contributed by atoms with van der Waals surface area (Å²) in [6.07, 6.45) is 0. The van der Waals surface area contributed by atoms with Crippen LogP contribution in [0.3, 0.4) is 0 Å². The Hall–Kier alpha value is 1.02. The van der Waals surface area contributed by atoms with E-state index in [2.05, 4.69) is 10.6 Å². The Morgan fingerprint density at radius 1 is 0.636 bits per heavy atom. The number of nitrogens with zero attached hydrogens (tertiary/aromatic N) is 2. The summed E-state index contributed by atoms with van der Waals surface area (Å²) in [6, 6.07) is 0. The van der Waals surface area contributed by atoms with Gasteiger partial charge < -0.3 is 10.6 Å². The van der Waals surface area contributed by atoms with Crippen molar-refractivity contribution in [3.05, 3.63) is 10.6 Å². The molecule has 0 atom stereocenters. The largest absolute Gasteiger partial charge is 0.663 e. The van der Waals surface area contributed by atoms with E-state index in [0.717, 1.165) is 26.2 Å². The average molecular weight is 233 g/mol. The molecule has 0 saturated heterocycles. The van der Waals surface area contributed by atoms with Crippen LogP contribution in [0.15, 0.2) is 0 Å². The predicted octanol–water partition coefficient (Wildman–Crippen LogP) is 2.80. The maximum Gasteiger partial charge on any atom is 0 e. The van der Waals surface area contributed by atoms with E-state index in [9.17, 15) is 0 Å². The second kappa shape index (κ2) is 22.5. The van der Waals surface area contributed by atoms with Crippen LogP contribution in [0.1, 0.15) is 27.7 Å². The molecule has 2 nitrogen and oxygen atoms in total. The molecule has 0 bridgehead atoms. The Morgan fingerprint density at radius 3 is 0.818 bits per heavy atom. The van der Waals surface area contributed by atoms with Crippen LogP contribution in [0.2, 0.25) is 0 Å². The molecule has 0 aliphatic heterocycles. The van der Waals surface area contributed by atoms with E-state index in [1.54, 1.807) is 0 Å². The van der Waals surface area contributed by atoms with Crippen molar-refractivity contribution in [3.8, 4) is 0 Å². The van der Waals surface area contributed by atoms with Gasteiger partial charge in [0, 0.05) is 32.7 Å². The van der Waals surface area contributed by atoms with Gasteiger partial charge in [0.2, 0.25) is 0 Å². The van der Waals surface area contributed by atoms with Crippen LogP contribution >= 0.6 is 0 Å². The fraction of sp³-hybridized carbons (Fsp3) is 1.00. The topological polar surface area (TPSA) is 28.2 Å². The van der Waals surface area contributed by atoms with Crippen LogP contribution in [0, 0.1) is 0 Å². The first-order chi connectivity index (χ1) is 4.83. The SMILES string of the molecule is CC[N-]CC.CC[N-]CC.[Y]. The monoisotopic (exact) mass is 233 g/mol. The molecule has 0 aliphatic carbocycles. The first kappa shape index (κ1) is 17.9. The predicted molar refractivity (Wildman–Crippen MR) is 48.9 cm³/mol. The Morgan fingerprint density at radius 2 is 0.818 bits per heavy atom. The van der Waals surface area contributed by atoms with Gasteiger partial charge in [0.05, 0.1) is 0 Å². The summed E-state index contributed by atoms with van der Waals surface area (Å²) in [4.78, 5) is 0. The third kappa shape index (κ3) is 35.6. The molecule has 3 heteroatoms. The van der Waals surface area contributed by atoms with Gasteiger partial charge >= 0.3 is 0 Å². The molecule has 0 spiro atoms.